The van der Waals surface area contributed by atoms with E-state index in [-0.39, 0.29) is 17.7 Å². The van der Waals surface area contributed by atoms with Crippen LogP contribution in [-0.4, -0.2) is 43.0 Å². The van der Waals surface area contributed by atoms with Gasteiger partial charge in [-0.25, -0.2) is 0 Å². The van der Waals surface area contributed by atoms with Crippen molar-refractivity contribution in [3.8, 4) is 0 Å². The topological polar surface area (TPSA) is 58.6 Å². The van der Waals surface area contributed by atoms with Crippen molar-refractivity contribution in [3.63, 3.8) is 0 Å². The number of nitrogens with zero attached hydrogens (tertiary/aromatic N) is 1. The fourth-order valence-electron chi connectivity index (χ4n) is 2.49. The summed E-state index contributed by atoms with van der Waals surface area (Å²) in [6, 6.07) is 8.78. The molecule has 0 bridgehead atoms. The molecule has 2 amide bonds. The molecule has 5 heteroatoms. The first kappa shape index (κ1) is 16.5. The molecule has 120 valence electrons. The number of rotatable bonds is 5. The smallest absolute Gasteiger partial charge is 0.249 e. The largest absolute Gasteiger partial charge is 0.378 e. The van der Waals surface area contributed by atoms with E-state index in [0.29, 0.717) is 32.7 Å². The van der Waals surface area contributed by atoms with Crippen LogP contribution in [-0.2, 0) is 14.3 Å². The second kappa shape index (κ2) is 7.94. The Hall–Kier alpha value is -1.88. The van der Waals surface area contributed by atoms with Crippen LogP contribution in [0.3, 0.4) is 0 Å². The summed E-state index contributed by atoms with van der Waals surface area (Å²) in [6.07, 6.45) is 0.416. The summed E-state index contributed by atoms with van der Waals surface area (Å²) < 4.78 is 5.29. The number of carbonyl (C=O) groups excluding carboxylic acids is 2. The second-order valence-electron chi connectivity index (χ2n) is 5.95. The molecular weight excluding hydrogens is 280 g/mol. The third-order valence-electron chi connectivity index (χ3n) is 3.60. The normalized spacial score (nSPS) is 16.4. The first-order valence-electron chi connectivity index (χ1n) is 7.78. The van der Waals surface area contributed by atoms with E-state index in [2.05, 4.69) is 5.32 Å². The molecular formula is C17H24N2O3. The molecule has 1 fully saturated rings. The summed E-state index contributed by atoms with van der Waals surface area (Å²) in [5.41, 5.74) is 0.816. The molecule has 1 aromatic rings. The summed E-state index contributed by atoms with van der Waals surface area (Å²) in [5.74, 6) is 0.104. The lowest BCUT2D eigenvalue weighted by molar-refractivity contribution is -0.140. The second-order valence-corrected chi connectivity index (χ2v) is 5.95. The number of benzene rings is 1. The molecule has 1 aromatic carbocycles. The minimum Gasteiger partial charge on any atom is -0.378 e. The molecule has 2 rings (SSSR count). The van der Waals surface area contributed by atoms with Crippen molar-refractivity contribution >= 4 is 11.8 Å². The summed E-state index contributed by atoms with van der Waals surface area (Å²) in [5, 5.41) is 2.89. The van der Waals surface area contributed by atoms with Crippen LogP contribution in [0, 0.1) is 5.92 Å². The highest BCUT2D eigenvalue weighted by Crippen LogP contribution is 2.17. The SMILES string of the molecule is CC(C)CC(=O)N[C@H](C(=O)N1CCOCC1)c1ccccc1. The summed E-state index contributed by atoms with van der Waals surface area (Å²) >= 11 is 0. The van der Waals surface area contributed by atoms with Gasteiger partial charge in [0.25, 0.3) is 0 Å². The van der Waals surface area contributed by atoms with Crippen LogP contribution in [0.25, 0.3) is 0 Å². The van der Waals surface area contributed by atoms with Gasteiger partial charge in [-0.1, -0.05) is 44.2 Å². The molecule has 0 spiro atoms. The number of hydrogen-bond donors (Lipinski definition) is 1. The Kier molecular flexibility index (Phi) is 5.95. The van der Waals surface area contributed by atoms with Gasteiger partial charge in [-0.3, -0.25) is 9.59 Å². The van der Waals surface area contributed by atoms with Gasteiger partial charge in [0.1, 0.15) is 6.04 Å². The lowest BCUT2D eigenvalue weighted by Gasteiger charge is -2.31. The fraction of sp³-hybridized carbons (Fsp3) is 0.529. The average molecular weight is 304 g/mol. The lowest BCUT2D eigenvalue weighted by atomic mass is 10.0. The van der Waals surface area contributed by atoms with Crippen LogP contribution < -0.4 is 5.32 Å². The highest BCUT2D eigenvalue weighted by molar-refractivity contribution is 5.88. The zero-order valence-corrected chi connectivity index (χ0v) is 13.2. The lowest BCUT2D eigenvalue weighted by Crippen LogP contribution is -2.47. The Labute approximate surface area is 131 Å². The van der Waals surface area contributed by atoms with E-state index in [1.54, 1.807) is 4.90 Å². The van der Waals surface area contributed by atoms with Crippen molar-refractivity contribution in [3.05, 3.63) is 35.9 Å². The molecule has 0 unspecified atom stereocenters. The Morgan fingerprint density at radius 1 is 1.18 bits per heavy atom. The van der Waals surface area contributed by atoms with E-state index >= 15 is 0 Å². The quantitative estimate of drug-likeness (QED) is 0.901. The van der Waals surface area contributed by atoms with Gasteiger partial charge in [0.15, 0.2) is 0 Å². The molecule has 1 N–H and O–H groups in total. The van der Waals surface area contributed by atoms with Gasteiger partial charge in [0.05, 0.1) is 13.2 Å². The minimum atomic E-state index is -0.620. The van der Waals surface area contributed by atoms with E-state index in [4.69, 9.17) is 4.74 Å². The van der Waals surface area contributed by atoms with Crippen molar-refractivity contribution in [1.82, 2.24) is 10.2 Å². The molecule has 0 saturated carbocycles. The minimum absolute atomic E-state index is 0.0633. The maximum atomic E-state index is 12.8. The molecule has 1 atom stereocenters. The molecule has 1 aliphatic rings. The Bertz CT molecular complexity index is 496. The zero-order chi connectivity index (χ0) is 15.9. The third-order valence-corrected chi connectivity index (χ3v) is 3.60. The zero-order valence-electron chi connectivity index (χ0n) is 13.2. The van der Waals surface area contributed by atoms with Gasteiger partial charge in [-0.2, -0.15) is 0 Å². The van der Waals surface area contributed by atoms with E-state index in [0.717, 1.165) is 5.56 Å². The summed E-state index contributed by atoms with van der Waals surface area (Å²) in [6.45, 7) is 6.21. The van der Waals surface area contributed by atoms with Crippen LogP contribution in [0.2, 0.25) is 0 Å². The summed E-state index contributed by atoms with van der Waals surface area (Å²) in [7, 11) is 0. The van der Waals surface area contributed by atoms with Gasteiger partial charge in [0.2, 0.25) is 11.8 Å². The van der Waals surface area contributed by atoms with Crippen LogP contribution in [0.4, 0.5) is 0 Å². The van der Waals surface area contributed by atoms with Crippen molar-refractivity contribution in [1.29, 1.82) is 0 Å². The van der Waals surface area contributed by atoms with Crippen molar-refractivity contribution in [2.45, 2.75) is 26.3 Å². The van der Waals surface area contributed by atoms with Gasteiger partial charge in [0, 0.05) is 19.5 Å². The molecule has 1 aliphatic heterocycles. The maximum absolute atomic E-state index is 12.8. The number of hydrogen-bond acceptors (Lipinski definition) is 3. The first-order valence-corrected chi connectivity index (χ1v) is 7.78. The molecule has 1 saturated heterocycles. The first-order chi connectivity index (χ1) is 10.6. The monoisotopic (exact) mass is 304 g/mol. The van der Waals surface area contributed by atoms with E-state index in [9.17, 15) is 9.59 Å². The highest BCUT2D eigenvalue weighted by atomic mass is 16.5. The molecule has 0 aromatic heterocycles. The Balaban J connectivity index is 2.14. The molecule has 1 heterocycles. The van der Waals surface area contributed by atoms with Crippen molar-refractivity contribution < 1.29 is 14.3 Å². The van der Waals surface area contributed by atoms with Crippen LogP contribution >= 0.6 is 0 Å². The number of amides is 2. The predicted octanol–water partition coefficient (Wildman–Crippen LogP) is 1.75. The van der Waals surface area contributed by atoms with Crippen LogP contribution in [0.1, 0.15) is 31.9 Å². The van der Waals surface area contributed by atoms with E-state index in [1.165, 1.54) is 0 Å². The molecule has 5 nitrogen and oxygen atoms in total. The van der Waals surface area contributed by atoms with Crippen LogP contribution in [0.15, 0.2) is 30.3 Å². The van der Waals surface area contributed by atoms with Crippen molar-refractivity contribution in [2.24, 2.45) is 5.92 Å². The summed E-state index contributed by atoms with van der Waals surface area (Å²) in [4.78, 5) is 26.7. The standard InChI is InChI=1S/C17H24N2O3/c1-13(2)12-15(20)18-16(14-6-4-3-5-7-14)17(21)19-8-10-22-11-9-19/h3-7,13,16H,8-12H2,1-2H3,(H,18,20)/t16-/m0/s1. The fourth-order valence-corrected chi connectivity index (χ4v) is 2.49. The van der Waals surface area contributed by atoms with Crippen LogP contribution in [0.5, 0.6) is 0 Å². The molecule has 0 aliphatic carbocycles. The number of nitrogens with one attached hydrogen (secondary N) is 1. The number of ether oxygens (including phenoxy) is 1. The van der Waals surface area contributed by atoms with Gasteiger partial charge < -0.3 is 15.0 Å². The molecule has 0 radical (unpaired) electrons. The van der Waals surface area contributed by atoms with Gasteiger partial charge in [-0.05, 0) is 11.5 Å². The van der Waals surface area contributed by atoms with E-state index in [1.807, 2.05) is 44.2 Å². The predicted molar refractivity (Wildman–Crippen MR) is 84.2 cm³/mol. The van der Waals surface area contributed by atoms with Gasteiger partial charge >= 0.3 is 0 Å². The maximum Gasteiger partial charge on any atom is 0.249 e. The Morgan fingerprint density at radius 2 is 1.82 bits per heavy atom. The van der Waals surface area contributed by atoms with E-state index < -0.39 is 6.04 Å². The van der Waals surface area contributed by atoms with Gasteiger partial charge in [-0.15, -0.1) is 0 Å². The third kappa shape index (κ3) is 4.56. The highest BCUT2D eigenvalue weighted by Gasteiger charge is 2.28. The van der Waals surface area contributed by atoms with Crippen molar-refractivity contribution in [2.75, 3.05) is 26.3 Å². The Morgan fingerprint density at radius 3 is 2.41 bits per heavy atom. The molecule has 22 heavy (non-hydrogen) atoms. The average Bonchev–Trinajstić information content (AvgIpc) is 2.53. The number of carbonyl (C=O) groups is 2. The number of morpholine rings is 1.